The molecule has 3 rings (SSSR count). The van der Waals surface area contributed by atoms with Crippen molar-refractivity contribution in [3.05, 3.63) is 45.7 Å². The van der Waals surface area contributed by atoms with Crippen LogP contribution in [0, 0.1) is 5.41 Å². The number of carbonyl (C=O) groups is 1. The molecule has 0 aliphatic heterocycles. The molecule has 4 nitrogen and oxygen atoms in total. The zero-order valence-electron chi connectivity index (χ0n) is 12.6. The molecule has 2 aromatic rings. The lowest BCUT2D eigenvalue weighted by Crippen LogP contribution is -2.26. The van der Waals surface area contributed by atoms with Gasteiger partial charge in [-0.3, -0.25) is 0 Å². The molecule has 0 spiro atoms. The summed E-state index contributed by atoms with van der Waals surface area (Å²) < 4.78 is 0.921. The number of hydrogen-bond donors (Lipinski definition) is 1. The predicted octanol–water partition coefficient (Wildman–Crippen LogP) is 4.12. The lowest BCUT2D eigenvalue weighted by atomic mass is 9.75. The van der Waals surface area contributed by atoms with Crippen molar-refractivity contribution in [2.45, 2.75) is 33.1 Å². The van der Waals surface area contributed by atoms with Crippen LogP contribution in [0.25, 0.3) is 11.4 Å². The van der Waals surface area contributed by atoms with E-state index in [-0.39, 0.29) is 11.1 Å². The highest BCUT2D eigenvalue weighted by Crippen LogP contribution is 2.36. The van der Waals surface area contributed by atoms with Crippen molar-refractivity contribution in [2.24, 2.45) is 5.41 Å². The van der Waals surface area contributed by atoms with E-state index in [9.17, 15) is 9.90 Å². The fourth-order valence-electron chi connectivity index (χ4n) is 2.88. The Kier molecular flexibility index (Phi) is 3.77. The summed E-state index contributed by atoms with van der Waals surface area (Å²) >= 11 is 3.42. The Labute approximate surface area is 137 Å². The number of rotatable bonds is 2. The molecule has 0 amide bonds. The molecule has 1 heterocycles. The van der Waals surface area contributed by atoms with Gasteiger partial charge in [0.15, 0.2) is 11.5 Å². The average molecular weight is 361 g/mol. The summed E-state index contributed by atoms with van der Waals surface area (Å²) in [5.41, 5.74) is 2.74. The molecule has 22 heavy (non-hydrogen) atoms. The largest absolute Gasteiger partial charge is 0.476 e. The molecular formula is C17H17BrN2O2. The number of halogens is 1. The number of carboxylic acids is 1. The van der Waals surface area contributed by atoms with Gasteiger partial charge in [0, 0.05) is 21.3 Å². The number of benzene rings is 1. The van der Waals surface area contributed by atoms with Crippen LogP contribution in [0.2, 0.25) is 0 Å². The molecule has 0 unspecified atom stereocenters. The molecular weight excluding hydrogens is 344 g/mol. The first-order valence-electron chi connectivity index (χ1n) is 7.25. The van der Waals surface area contributed by atoms with E-state index in [1.165, 1.54) is 0 Å². The standard InChI is InChI=1S/C17H17BrN2O2/c1-17(2)7-6-13-12(9-17)14(16(21)22)20-15(19-13)10-4-3-5-11(18)8-10/h3-5,8H,6-7,9H2,1-2H3,(H,21,22). The van der Waals surface area contributed by atoms with Gasteiger partial charge >= 0.3 is 5.97 Å². The lowest BCUT2D eigenvalue weighted by Gasteiger charge is -2.31. The van der Waals surface area contributed by atoms with Gasteiger partial charge < -0.3 is 5.11 Å². The van der Waals surface area contributed by atoms with E-state index in [4.69, 9.17) is 0 Å². The quantitative estimate of drug-likeness (QED) is 0.874. The molecule has 5 heteroatoms. The number of nitrogens with zero attached hydrogens (tertiary/aromatic N) is 2. The Morgan fingerprint density at radius 2 is 2.09 bits per heavy atom. The summed E-state index contributed by atoms with van der Waals surface area (Å²) in [6.07, 6.45) is 2.52. The molecule has 0 radical (unpaired) electrons. The summed E-state index contributed by atoms with van der Waals surface area (Å²) in [6, 6.07) is 7.61. The normalized spacial score (nSPS) is 16.1. The van der Waals surface area contributed by atoms with Crippen molar-refractivity contribution in [3.63, 3.8) is 0 Å². The van der Waals surface area contributed by atoms with Crippen LogP contribution in [0.1, 0.15) is 42.0 Å². The Morgan fingerprint density at radius 1 is 1.32 bits per heavy atom. The Morgan fingerprint density at radius 3 is 2.77 bits per heavy atom. The molecule has 1 aliphatic carbocycles. The predicted molar refractivity (Wildman–Crippen MR) is 87.9 cm³/mol. The van der Waals surface area contributed by atoms with Crippen molar-refractivity contribution in [3.8, 4) is 11.4 Å². The zero-order valence-corrected chi connectivity index (χ0v) is 14.1. The molecule has 1 aromatic carbocycles. The Balaban J connectivity index is 2.16. The molecule has 1 N–H and O–H groups in total. The van der Waals surface area contributed by atoms with E-state index in [0.29, 0.717) is 12.2 Å². The highest BCUT2D eigenvalue weighted by molar-refractivity contribution is 9.10. The smallest absolute Gasteiger partial charge is 0.354 e. The zero-order chi connectivity index (χ0) is 15.9. The SMILES string of the molecule is CC1(C)CCc2nc(-c3cccc(Br)c3)nc(C(=O)O)c2C1. The van der Waals surface area contributed by atoms with Gasteiger partial charge in [-0.15, -0.1) is 0 Å². The highest BCUT2D eigenvalue weighted by Gasteiger charge is 2.31. The first-order chi connectivity index (χ1) is 10.4. The maximum absolute atomic E-state index is 11.6. The minimum Gasteiger partial charge on any atom is -0.476 e. The van der Waals surface area contributed by atoms with Crippen LogP contribution in [0.4, 0.5) is 0 Å². The van der Waals surface area contributed by atoms with Crippen LogP contribution in [0.3, 0.4) is 0 Å². The van der Waals surface area contributed by atoms with E-state index < -0.39 is 5.97 Å². The number of hydrogen-bond acceptors (Lipinski definition) is 3. The number of aromatic nitrogens is 2. The van der Waals surface area contributed by atoms with Crippen LogP contribution >= 0.6 is 15.9 Å². The van der Waals surface area contributed by atoms with E-state index >= 15 is 0 Å². The molecule has 0 saturated carbocycles. The van der Waals surface area contributed by atoms with Crippen LogP contribution in [0.15, 0.2) is 28.7 Å². The summed E-state index contributed by atoms with van der Waals surface area (Å²) in [7, 11) is 0. The number of aryl methyl sites for hydroxylation is 1. The van der Waals surface area contributed by atoms with Crippen molar-refractivity contribution < 1.29 is 9.90 Å². The topological polar surface area (TPSA) is 63.1 Å². The fraction of sp³-hybridized carbons (Fsp3) is 0.353. The third-order valence-corrected chi connectivity index (χ3v) is 4.57. The Hall–Kier alpha value is -1.75. The van der Waals surface area contributed by atoms with Crippen LogP contribution < -0.4 is 0 Å². The van der Waals surface area contributed by atoms with Crippen LogP contribution in [0.5, 0.6) is 0 Å². The van der Waals surface area contributed by atoms with Crippen molar-refractivity contribution in [2.75, 3.05) is 0 Å². The fourth-order valence-corrected chi connectivity index (χ4v) is 3.28. The van der Waals surface area contributed by atoms with Crippen LogP contribution in [-0.4, -0.2) is 21.0 Å². The number of fused-ring (bicyclic) bond motifs is 1. The van der Waals surface area contributed by atoms with Gasteiger partial charge in [0.05, 0.1) is 0 Å². The van der Waals surface area contributed by atoms with Gasteiger partial charge in [0.25, 0.3) is 0 Å². The third kappa shape index (κ3) is 2.90. The second-order valence-corrected chi connectivity index (χ2v) is 7.39. The van der Waals surface area contributed by atoms with Gasteiger partial charge in [-0.2, -0.15) is 0 Å². The minimum atomic E-state index is -0.979. The molecule has 1 aliphatic rings. The maximum Gasteiger partial charge on any atom is 0.354 e. The van der Waals surface area contributed by atoms with Crippen molar-refractivity contribution >= 4 is 21.9 Å². The second-order valence-electron chi connectivity index (χ2n) is 6.48. The summed E-state index contributed by atoms with van der Waals surface area (Å²) in [6.45, 7) is 4.31. The molecule has 0 fully saturated rings. The number of aromatic carboxylic acids is 1. The van der Waals surface area contributed by atoms with Crippen LogP contribution in [-0.2, 0) is 12.8 Å². The first kappa shape index (κ1) is 15.2. The molecule has 1 aromatic heterocycles. The van der Waals surface area contributed by atoms with Crippen molar-refractivity contribution in [1.29, 1.82) is 0 Å². The van der Waals surface area contributed by atoms with Gasteiger partial charge in [-0.25, -0.2) is 14.8 Å². The van der Waals surface area contributed by atoms with Gasteiger partial charge in [0.1, 0.15) is 0 Å². The molecule has 0 atom stereocenters. The van der Waals surface area contributed by atoms with E-state index in [1.807, 2.05) is 24.3 Å². The van der Waals surface area contributed by atoms with E-state index in [0.717, 1.165) is 34.1 Å². The van der Waals surface area contributed by atoms with Gasteiger partial charge in [0.2, 0.25) is 0 Å². The monoisotopic (exact) mass is 360 g/mol. The lowest BCUT2D eigenvalue weighted by molar-refractivity contribution is 0.0687. The second kappa shape index (κ2) is 5.47. The summed E-state index contributed by atoms with van der Waals surface area (Å²) in [4.78, 5) is 20.6. The molecule has 114 valence electrons. The van der Waals surface area contributed by atoms with E-state index in [2.05, 4.69) is 39.7 Å². The molecule has 0 bridgehead atoms. The van der Waals surface area contributed by atoms with Gasteiger partial charge in [-0.05, 0) is 36.8 Å². The molecule has 0 saturated heterocycles. The average Bonchev–Trinajstić information content (AvgIpc) is 2.45. The first-order valence-corrected chi connectivity index (χ1v) is 8.04. The summed E-state index contributed by atoms with van der Waals surface area (Å²) in [5, 5.41) is 9.54. The minimum absolute atomic E-state index is 0.0951. The maximum atomic E-state index is 11.6. The summed E-state index contributed by atoms with van der Waals surface area (Å²) in [5.74, 6) is -0.496. The third-order valence-electron chi connectivity index (χ3n) is 4.07. The van der Waals surface area contributed by atoms with Crippen molar-refractivity contribution in [1.82, 2.24) is 9.97 Å². The number of carboxylic acid groups (broad SMARTS) is 1. The highest BCUT2D eigenvalue weighted by atomic mass is 79.9. The van der Waals surface area contributed by atoms with E-state index in [1.54, 1.807) is 0 Å². The van der Waals surface area contributed by atoms with Gasteiger partial charge in [-0.1, -0.05) is 41.9 Å². The Bertz CT molecular complexity index is 756.